The van der Waals surface area contributed by atoms with Crippen molar-refractivity contribution in [2.24, 2.45) is 0 Å². The lowest BCUT2D eigenvalue weighted by Crippen LogP contribution is -2.24. The Balaban J connectivity index is 1.49. The van der Waals surface area contributed by atoms with Crippen molar-refractivity contribution in [2.45, 2.75) is 25.8 Å². The summed E-state index contributed by atoms with van der Waals surface area (Å²) >= 11 is 5.97. The molecule has 1 saturated heterocycles. The monoisotopic (exact) mass is 443 g/mol. The molecule has 32 heavy (non-hydrogen) atoms. The number of halogens is 1. The summed E-state index contributed by atoms with van der Waals surface area (Å²) in [4.78, 5) is 32.6. The van der Waals surface area contributed by atoms with Gasteiger partial charge >= 0.3 is 0 Å². The summed E-state index contributed by atoms with van der Waals surface area (Å²) in [5, 5.41) is 0.594. The quantitative estimate of drug-likeness (QED) is 0.388. The Morgan fingerprint density at radius 1 is 1.03 bits per heavy atom. The molecule has 0 spiro atoms. The maximum absolute atomic E-state index is 13.0. The SMILES string of the molecule is Cc1ccc(N2CC(c3nc4ccccc4n3CC(=O)c3ccc(Cl)cc3)CC2=O)cc1. The van der Waals surface area contributed by atoms with Crippen LogP contribution in [0.1, 0.15) is 34.1 Å². The zero-order valence-corrected chi connectivity index (χ0v) is 18.4. The molecule has 1 aliphatic heterocycles. The van der Waals surface area contributed by atoms with Crippen molar-refractivity contribution in [3.05, 3.63) is 94.8 Å². The van der Waals surface area contributed by atoms with Gasteiger partial charge in [-0.3, -0.25) is 9.59 Å². The number of fused-ring (bicyclic) bond motifs is 1. The van der Waals surface area contributed by atoms with Gasteiger partial charge in [0, 0.05) is 35.2 Å². The molecule has 160 valence electrons. The van der Waals surface area contributed by atoms with Crippen molar-refractivity contribution < 1.29 is 9.59 Å². The van der Waals surface area contributed by atoms with Crippen LogP contribution in [0.5, 0.6) is 0 Å². The molecule has 0 radical (unpaired) electrons. The molecule has 3 aromatic carbocycles. The normalized spacial score (nSPS) is 16.1. The van der Waals surface area contributed by atoms with E-state index < -0.39 is 0 Å². The zero-order chi connectivity index (χ0) is 22.2. The Bertz CT molecular complexity index is 1310. The number of carbonyl (C=O) groups is 2. The van der Waals surface area contributed by atoms with Gasteiger partial charge in [-0.15, -0.1) is 0 Å². The van der Waals surface area contributed by atoms with Crippen LogP contribution in [0, 0.1) is 6.92 Å². The number of rotatable bonds is 5. The minimum Gasteiger partial charge on any atom is -0.320 e. The Morgan fingerprint density at radius 2 is 1.75 bits per heavy atom. The lowest BCUT2D eigenvalue weighted by atomic mass is 10.1. The van der Waals surface area contributed by atoms with Gasteiger partial charge in [0.2, 0.25) is 5.91 Å². The predicted molar refractivity (Wildman–Crippen MR) is 126 cm³/mol. The summed E-state index contributed by atoms with van der Waals surface area (Å²) in [6.07, 6.45) is 0.367. The molecule has 4 aromatic rings. The van der Waals surface area contributed by atoms with Crippen LogP contribution in [-0.2, 0) is 11.3 Å². The van der Waals surface area contributed by atoms with Gasteiger partial charge in [-0.25, -0.2) is 4.98 Å². The van der Waals surface area contributed by atoms with Crippen LogP contribution in [-0.4, -0.2) is 27.8 Å². The van der Waals surface area contributed by atoms with E-state index in [1.54, 1.807) is 24.3 Å². The molecule has 1 aliphatic rings. The van der Waals surface area contributed by atoms with Crippen LogP contribution >= 0.6 is 11.6 Å². The lowest BCUT2D eigenvalue weighted by Gasteiger charge is -2.17. The number of para-hydroxylation sites is 2. The molecular weight excluding hydrogens is 422 g/mol. The molecule has 1 unspecified atom stereocenters. The summed E-state index contributed by atoms with van der Waals surface area (Å²) in [7, 11) is 0. The first-order valence-corrected chi connectivity index (χ1v) is 11.0. The van der Waals surface area contributed by atoms with Gasteiger partial charge in [0.25, 0.3) is 0 Å². The van der Waals surface area contributed by atoms with Gasteiger partial charge in [0.05, 0.1) is 17.6 Å². The topological polar surface area (TPSA) is 55.2 Å². The fourth-order valence-corrected chi connectivity index (χ4v) is 4.42. The van der Waals surface area contributed by atoms with E-state index in [9.17, 15) is 9.59 Å². The van der Waals surface area contributed by atoms with Crippen molar-refractivity contribution in [2.75, 3.05) is 11.4 Å². The van der Waals surface area contributed by atoms with Gasteiger partial charge in [-0.05, 0) is 55.5 Å². The first kappa shape index (κ1) is 20.5. The minimum absolute atomic E-state index is 0.0224. The van der Waals surface area contributed by atoms with Gasteiger partial charge < -0.3 is 9.47 Å². The number of aryl methyl sites for hydroxylation is 1. The Kier molecular flexibility index (Phi) is 5.27. The average Bonchev–Trinajstić information content (AvgIpc) is 3.35. The van der Waals surface area contributed by atoms with Crippen LogP contribution in [0.3, 0.4) is 0 Å². The van der Waals surface area contributed by atoms with Crippen molar-refractivity contribution in [1.82, 2.24) is 9.55 Å². The third-order valence-electron chi connectivity index (χ3n) is 5.99. The van der Waals surface area contributed by atoms with E-state index >= 15 is 0 Å². The highest BCUT2D eigenvalue weighted by atomic mass is 35.5. The number of imidazole rings is 1. The van der Waals surface area contributed by atoms with Crippen LogP contribution < -0.4 is 4.90 Å². The number of anilines is 1. The van der Waals surface area contributed by atoms with E-state index in [1.807, 2.05) is 64.9 Å². The fourth-order valence-electron chi connectivity index (χ4n) is 4.30. The molecular formula is C26H22ClN3O2. The highest BCUT2D eigenvalue weighted by molar-refractivity contribution is 6.30. The highest BCUT2D eigenvalue weighted by Crippen LogP contribution is 2.33. The standard InChI is InChI=1S/C26H22ClN3O2/c1-17-6-12-21(13-7-17)29-15-19(14-25(29)32)26-28-22-4-2-3-5-23(22)30(26)16-24(31)18-8-10-20(27)11-9-18/h2-13,19H,14-16H2,1H3. The van der Waals surface area contributed by atoms with Crippen molar-refractivity contribution in [3.63, 3.8) is 0 Å². The van der Waals surface area contributed by atoms with E-state index in [0.717, 1.165) is 28.1 Å². The first-order chi connectivity index (χ1) is 15.5. The molecule has 6 heteroatoms. The molecule has 1 atom stereocenters. The van der Waals surface area contributed by atoms with Gasteiger partial charge in [0.1, 0.15) is 5.82 Å². The van der Waals surface area contributed by atoms with Crippen molar-refractivity contribution in [3.8, 4) is 0 Å². The Hall–Kier alpha value is -3.44. The van der Waals surface area contributed by atoms with E-state index in [1.165, 1.54) is 0 Å². The largest absolute Gasteiger partial charge is 0.320 e. The number of nitrogens with zero attached hydrogens (tertiary/aromatic N) is 3. The predicted octanol–water partition coefficient (Wildman–Crippen LogP) is 5.40. The fraction of sp³-hybridized carbons (Fsp3) is 0.192. The highest BCUT2D eigenvalue weighted by Gasteiger charge is 2.35. The van der Waals surface area contributed by atoms with E-state index in [0.29, 0.717) is 23.6 Å². The smallest absolute Gasteiger partial charge is 0.227 e. The Labute approximate surface area is 191 Å². The summed E-state index contributed by atoms with van der Waals surface area (Å²) in [6, 6.07) is 22.7. The minimum atomic E-state index is -0.0887. The molecule has 0 aliphatic carbocycles. The van der Waals surface area contributed by atoms with E-state index in [2.05, 4.69) is 0 Å². The van der Waals surface area contributed by atoms with E-state index in [4.69, 9.17) is 16.6 Å². The second kappa shape index (κ2) is 8.24. The molecule has 0 saturated carbocycles. The van der Waals surface area contributed by atoms with Crippen LogP contribution in [0.25, 0.3) is 11.0 Å². The Morgan fingerprint density at radius 3 is 2.50 bits per heavy atom. The first-order valence-electron chi connectivity index (χ1n) is 10.6. The number of Topliss-reactive ketones (excluding diaryl/α,β-unsaturated/α-hetero) is 1. The summed E-state index contributed by atoms with van der Waals surface area (Å²) in [5.74, 6) is 0.734. The number of ketones is 1. The van der Waals surface area contributed by atoms with Crippen LogP contribution in [0.15, 0.2) is 72.8 Å². The van der Waals surface area contributed by atoms with E-state index in [-0.39, 0.29) is 24.2 Å². The molecule has 0 N–H and O–H groups in total. The number of benzene rings is 3. The van der Waals surface area contributed by atoms with Gasteiger partial charge in [-0.1, -0.05) is 41.4 Å². The van der Waals surface area contributed by atoms with Crippen LogP contribution in [0.4, 0.5) is 5.69 Å². The third-order valence-corrected chi connectivity index (χ3v) is 6.24. The summed E-state index contributed by atoms with van der Waals surface area (Å²) in [6.45, 7) is 2.73. The van der Waals surface area contributed by atoms with Crippen molar-refractivity contribution in [1.29, 1.82) is 0 Å². The maximum atomic E-state index is 13.0. The summed E-state index contributed by atoms with van der Waals surface area (Å²) < 4.78 is 1.96. The lowest BCUT2D eigenvalue weighted by molar-refractivity contribution is -0.117. The average molecular weight is 444 g/mol. The number of hydrogen-bond acceptors (Lipinski definition) is 3. The molecule has 1 fully saturated rings. The van der Waals surface area contributed by atoms with Crippen LogP contribution in [0.2, 0.25) is 5.02 Å². The molecule has 0 bridgehead atoms. The molecule has 1 aromatic heterocycles. The molecule has 2 heterocycles. The van der Waals surface area contributed by atoms with Gasteiger partial charge in [-0.2, -0.15) is 0 Å². The molecule has 5 nitrogen and oxygen atoms in total. The molecule has 5 rings (SSSR count). The number of carbonyl (C=O) groups excluding carboxylic acids is 2. The zero-order valence-electron chi connectivity index (χ0n) is 17.7. The molecule has 1 amide bonds. The number of amides is 1. The van der Waals surface area contributed by atoms with Crippen molar-refractivity contribution >= 4 is 40.0 Å². The summed E-state index contributed by atoms with van der Waals surface area (Å²) in [5.41, 5.74) is 4.36. The second-order valence-electron chi connectivity index (χ2n) is 8.22. The number of aromatic nitrogens is 2. The number of hydrogen-bond donors (Lipinski definition) is 0. The maximum Gasteiger partial charge on any atom is 0.227 e. The second-order valence-corrected chi connectivity index (χ2v) is 8.65. The van der Waals surface area contributed by atoms with Gasteiger partial charge in [0.15, 0.2) is 5.78 Å². The third kappa shape index (κ3) is 3.80.